The van der Waals surface area contributed by atoms with E-state index in [9.17, 15) is 19.5 Å². The molecule has 0 saturated carbocycles. The van der Waals surface area contributed by atoms with Gasteiger partial charge in [0, 0.05) is 31.3 Å². The fourth-order valence-corrected chi connectivity index (χ4v) is 5.80. The first-order valence-electron chi connectivity index (χ1n) is 11.8. The van der Waals surface area contributed by atoms with Crippen molar-refractivity contribution in [2.45, 2.75) is 51.9 Å². The van der Waals surface area contributed by atoms with Crippen molar-refractivity contribution in [3.63, 3.8) is 0 Å². The number of anilines is 1. The van der Waals surface area contributed by atoms with Crippen LogP contribution in [-0.4, -0.2) is 57.3 Å². The summed E-state index contributed by atoms with van der Waals surface area (Å²) in [4.78, 5) is 41.0. The topological polar surface area (TPSA) is 105 Å². The lowest BCUT2D eigenvalue weighted by Crippen LogP contribution is -2.46. The number of amides is 1. The number of carbonyl (C=O) groups excluding carboxylic acids is 2. The van der Waals surface area contributed by atoms with Crippen LogP contribution in [0, 0.1) is 12.3 Å². The van der Waals surface area contributed by atoms with Crippen molar-refractivity contribution in [3.05, 3.63) is 56.9 Å². The fraction of sp³-hybridized carbons (Fsp3) is 0.520. The van der Waals surface area contributed by atoms with Crippen molar-refractivity contribution in [2.75, 3.05) is 24.5 Å². The molecule has 2 atom stereocenters. The Labute approximate surface area is 197 Å². The molecular weight excluding hydrogens is 436 g/mol. The largest absolute Gasteiger partial charge is 0.457 e. The third-order valence-corrected chi connectivity index (χ3v) is 7.80. The van der Waals surface area contributed by atoms with Gasteiger partial charge in [-0.25, -0.2) is 9.48 Å². The van der Waals surface area contributed by atoms with Crippen LogP contribution in [0.3, 0.4) is 0 Å². The number of rotatable bonds is 4. The van der Waals surface area contributed by atoms with Crippen LogP contribution in [0.4, 0.5) is 5.82 Å². The Morgan fingerprint density at radius 1 is 1.18 bits per heavy atom. The summed E-state index contributed by atoms with van der Waals surface area (Å²) >= 11 is 0. The van der Waals surface area contributed by atoms with Gasteiger partial charge < -0.3 is 14.7 Å². The number of hydrogen-bond donors (Lipinski definition) is 1. The number of fused-ring (bicyclic) bond motifs is 1. The number of ether oxygens (including phenoxy) is 1. The van der Waals surface area contributed by atoms with Gasteiger partial charge in [0.1, 0.15) is 6.61 Å². The van der Waals surface area contributed by atoms with Gasteiger partial charge in [-0.2, -0.15) is 5.10 Å². The van der Waals surface area contributed by atoms with Crippen LogP contribution in [0.2, 0.25) is 0 Å². The highest BCUT2D eigenvalue weighted by molar-refractivity contribution is 6.00. The zero-order valence-electron chi connectivity index (χ0n) is 19.8. The fourth-order valence-electron chi connectivity index (χ4n) is 5.80. The lowest BCUT2D eigenvalue weighted by molar-refractivity contribution is -0.128. The number of aromatic nitrogens is 2. The van der Waals surface area contributed by atoms with Crippen molar-refractivity contribution in [1.29, 1.82) is 0 Å². The number of benzene rings is 1. The zero-order valence-corrected chi connectivity index (χ0v) is 19.8. The average Bonchev–Trinajstić information content (AvgIpc) is 3.30. The second-order valence-electron chi connectivity index (χ2n) is 9.86. The predicted octanol–water partition coefficient (Wildman–Crippen LogP) is 1.70. The molecule has 9 heteroatoms. The van der Waals surface area contributed by atoms with E-state index in [1.54, 1.807) is 24.1 Å². The van der Waals surface area contributed by atoms with Crippen LogP contribution in [-0.2, 0) is 23.2 Å². The minimum Gasteiger partial charge on any atom is -0.457 e. The number of aryl methyl sites for hydroxylation is 1. The van der Waals surface area contributed by atoms with E-state index in [0.717, 1.165) is 49.0 Å². The summed E-state index contributed by atoms with van der Waals surface area (Å²) in [6.07, 6.45) is 1.51. The van der Waals surface area contributed by atoms with E-state index in [1.165, 1.54) is 10.7 Å². The monoisotopic (exact) mass is 466 g/mol. The van der Waals surface area contributed by atoms with Crippen LogP contribution in [0.25, 0.3) is 0 Å². The first kappa shape index (κ1) is 22.7. The average molecular weight is 467 g/mol. The van der Waals surface area contributed by atoms with Gasteiger partial charge >= 0.3 is 5.97 Å². The Bertz CT molecular complexity index is 1210. The normalized spacial score (nSPS) is 22.8. The highest BCUT2D eigenvalue weighted by Gasteiger charge is 2.52. The lowest BCUT2D eigenvalue weighted by atomic mass is 9.76. The molecule has 0 unspecified atom stereocenters. The van der Waals surface area contributed by atoms with E-state index in [0.29, 0.717) is 17.9 Å². The van der Waals surface area contributed by atoms with Gasteiger partial charge in [0.2, 0.25) is 5.91 Å². The number of hydrogen-bond acceptors (Lipinski definition) is 7. The lowest BCUT2D eigenvalue weighted by Gasteiger charge is -2.38. The molecule has 2 saturated heterocycles. The molecule has 1 aromatic heterocycles. The maximum Gasteiger partial charge on any atom is 0.338 e. The Hall–Kier alpha value is -3.04. The molecule has 5 rings (SSSR count). The van der Waals surface area contributed by atoms with Gasteiger partial charge in [-0.15, -0.1) is 0 Å². The van der Waals surface area contributed by atoms with Gasteiger partial charge in [-0.05, 0) is 69.5 Å². The third kappa shape index (κ3) is 3.63. The maximum absolute atomic E-state index is 13.5. The molecule has 2 aromatic rings. The molecule has 34 heavy (non-hydrogen) atoms. The summed E-state index contributed by atoms with van der Waals surface area (Å²) in [5, 5.41) is 15.3. The van der Waals surface area contributed by atoms with Crippen LogP contribution in [0.15, 0.2) is 29.1 Å². The van der Waals surface area contributed by atoms with Gasteiger partial charge in [0.25, 0.3) is 5.56 Å². The van der Waals surface area contributed by atoms with Crippen LogP contribution >= 0.6 is 0 Å². The summed E-state index contributed by atoms with van der Waals surface area (Å²) in [5.41, 5.74) is 2.52. The molecule has 3 aliphatic rings. The van der Waals surface area contributed by atoms with Crippen LogP contribution < -0.4 is 10.5 Å². The molecule has 180 valence electrons. The van der Waals surface area contributed by atoms with Crippen molar-refractivity contribution in [1.82, 2.24) is 14.7 Å². The molecule has 3 aliphatic heterocycles. The third-order valence-electron chi connectivity index (χ3n) is 7.80. The summed E-state index contributed by atoms with van der Waals surface area (Å²) < 4.78 is 6.38. The molecule has 1 N–H and O–H groups in total. The summed E-state index contributed by atoms with van der Waals surface area (Å²) in [5.74, 6) is 0.284. The highest BCUT2D eigenvalue weighted by Crippen LogP contribution is 2.45. The Kier molecular flexibility index (Phi) is 5.56. The maximum atomic E-state index is 13.5. The van der Waals surface area contributed by atoms with Crippen LogP contribution in [0.5, 0.6) is 0 Å². The first-order chi connectivity index (χ1) is 16.2. The number of β-amino-alcohol motifs (C(OH)–C–C–N with tert-alkyl or cyclic N) is 1. The minimum absolute atomic E-state index is 0.00800. The smallest absolute Gasteiger partial charge is 0.338 e. The summed E-state index contributed by atoms with van der Waals surface area (Å²) in [7, 11) is 1.59. The molecule has 9 nitrogen and oxygen atoms in total. The quantitative estimate of drug-likeness (QED) is 0.684. The number of esters is 1. The molecule has 4 heterocycles. The van der Waals surface area contributed by atoms with Crippen molar-refractivity contribution in [2.24, 2.45) is 12.5 Å². The van der Waals surface area contributed by atoms with Crippen molar-refractivity contribution in [3.8, 4) is 0 Å². The molecule has 1 spiro atoms. The highest BCUT2D eigenvalue weighted by atomic mass is 16.5. The van der Waals surface area contributed by atoms with E-state index >= 15 is 0 Å². The van der Waals surface area contributed by atoms with E-state index in [1.807, 2.05) is 19.9 Å². The summed E-state index contributed by atoms with van der Waals surface area (Å²) in [6.45, 7) is 6.12. The number of cyclic esters (lactones) is 1. The number of likely N-dealkylation sites (tertiary alicyclic amines) is 1. The summed E-state index contributed by atoms with van der Waals surface area (Å²) in [6, 6.07) is 6.63. The van der Waals surface area contributed by atoms with Gasteiger partial charge in [0.05, 0.1) is 17.1 Å². The molecule has 1 aromatic carbocycles. The first-order valence-corrected chi connectivity index (χ1v) is 11.8. The van der Waals surface area contributed by atoms with E-state index in [-0.39, 0.29) is 30.1 Å². The Balaban J connectivity index is 1.26. The zero-order chi connectivity index (χ0) is 24.2. The molecule has 1 amide bonds. The number of aliphatic hydroxyl groups excluding tert-OH is 1. The second kappa shape index (κ2) is 8.32. The minimum atomic E-state index is -0.681. The molecule has 0 bridgehead atoms. The standard InChI is InChI=1S/C25H30N4O5/c1-15-12-25(24(33)29(15)21-6-7-22(31)27(3)26-21)8-10-28(11-9-25)13-20(30)17-4-5-18-19(16(17)2)14-34-23(18)32/h4-7,15,20,30H,8-14H2,1-3H3/t15-,20-/m0/s1. The molecule has 0 radical (unpaired) electrons. The van der Waals surface area contributed by atoms with Gasteiger partial charge in [0.15, 0.2) is 5.82 Å². The van der Waals surface area contributed by atoms with Crippen molar-refractivity contribution >= 4 is 17.7 Å². The molecule has 0 aliphatic carbocycles. The van der Waals surface area contributed by atoms with E-state index < -0.39 is 11.5 Å². The Morgan fingerprint density at radius 3 is 2.62 bits per heavy atom. The predicted molar refractivity (Wildman–Crippen MR) is 124 cm³/mol. The number of nitrogens with zero attached hydrogens (tertiary/aromatic N) is 4. The van der Waals surface area contributed by atoms with E-state index in [2.05, 4.69) is 10.00 Å². The molecule has 2 fully saturated rings. The van der Waals surface area contributed by atoms with Crippen LogP contribution in [0.1, 0.15) is 59.3 Å². The number of carbonyl (C=O) groups is 2. The van der Waals surface area contributed by atoms with Gasteiger partial charge in [-0.3, -0.25) is 14.5 Å². The van der Waals surface area contributed by atoms with Gasteiger partial charge in [-0.1, -0.05) is 6.07 Å². The SMILES string of the molecule is Cc1c([C@@H](O)CN2CCC3(CC2)C[C@H](C)N(c2ccc(=O)n(C)n2)C3=O)ccc2c1COC2=O. The number of piperidine rings is 1. The Morgan fingerprint density at radius 2 is 1.91 bits per heavy atom. The van der Waals surface area contributed by atoms with E-state index in [4.69, 9.17) is 4.74 Å². The van der Waals surface area contributed by atoms with Crippen molar-refractivity contribution < 1.29 is 19.4 Å². The molecular formula is C25H30N4O5. The number of aliphatic hydroxyl groups is 1. The second-order valence-corrected chi connectivity index (χ2v) is 9.86.